The first-order valence-corrected chi connectivity index (χ1v) is 9.57. The van der Waals surface area contributed by atoms with Crippen molar-refractivity contribution in [2.45, 2.75) is 0 Å². The van der Waals surface area contributed by atoms with Gasteiger partial charge in [-0.05, 0) is 48.6 Å². The van der Waals surface area contributed by atoms with E-state index >= 15 is 0 Å². The number of carboxylic acid groups (broad SMARTS) is 1. The van der Waals surface area contributed by atoms with Crippen molar-refractivity contribution < 1.29 is 24.9 Å². The molecule has 4 rings (SSSR count). The van der Waals surface area contributed by atoms with Crippen molar-refractivity contribution >= 4 is 53.1 Å². The molecule has 0 bridgehead atoms. The predicted molar refractivity (Wildman–Crippen MR) is 114 cm³/mol. The summed E-state index contributed by atoms with van der Waals surface area (Å²) in [5.41, 5.74) is 2.59. The number of benzene rings is 2. The molecule has 3 N–H and O–H groups in total. The van der Waals surface area contributed by atoms with Crippen LogP contribution in [0.3, 0.4) is 0 Å². The molecule has 0 atom stereocenters. The predicted octanol–water partition coefficient (Wildman–Crippen LogP) is 4.64. The van der Waals surface area contributed by atoms with Gasteiger partial charge in [0, 0.05) is 23.4 Å². The van der Waals surface area contributed by atoms with Gasteiger partial charge in [-0.1, -0.05) is 0 Å². The number of allylic oxidation sites excluding steroid dienone is 1. The minimum atomic E-state index is -1.24. The number of methoxy groups -OCH3 is 1. The van der Waals surface area contributed by atoms with Gasteiger partial charge in [-0.3, -0.25) is 9.56 Å². The van der Waals surface area contributed by atoms with Gasteiger partial charge in [-0.25, -0.2) is 4.79 Å². The van der Waals surface area contributed by atoms with E-state index in [1.165, 1.54) is 34.1 Å². The van der Waals surface area contributed by atoms with Crippen molar-refractivity contribution in [3.63, 3.8) is 0 Å². The lowest BCUT2D eigenvalue weighted by molar-refractivity contribution is 0.0693. The number of nitrogens with zero attached hydrogens (tertiary/aromatic N) is 2. The summed E-state index contributed by atoms with van der Waals surface area (Å²) in [7, 11) is 1.59. The maximum absolute atomic E-state index is 11.1. The molecule has 146 valence electrons. The van der Waals surface area contributed by atoms with Gasteiger partial charge in [0.15, 0.2) is 3.95 Å². The van der Waals surface area contributed by atoms with Crippen molar-refractivity contribution in [1.29, 1.82) is 0 Å². The quantitative estimate of drug-likeness (QED) is 0.525. The van der Waals surface area contributed by atoms with E-state index in [1.807, 2.05) is 18.2 Å². The van der Waals surface area contributed by atoms with Gasteiger partial charge in [0.25, 0.3) is 0 Å². The summed E-state index contributed by atoms with van der Waals surface area (Å²) in [6.07, 6.45) is 3.47. The molecule has 3 aromatic rings. The highest BCUT2D eigenvalue weighted by Gasteiger charge is 2.18. The van der Waals surface area contributed by atoms with E-state index in [0.717, 1.165) is 16.8 Å². The van der Waals surface area contributed by atoms with E-state index < -0.39 is 11.7 Å². The van der Waals surface area contributed by atoms with E-state index in [2.05, 4.69) is 4.99 Å². The molecule has 29 heavy (non-hydrogen) atoms. The first-order valence-electron chi connectivity index (χ1n) is 8.34. The lowest BCUT2D eigenvalue weighted by Gasteiger charge is -2.07. The Labute approximate surface area is 174 Å². The summed E-state index contributed by atoms with van der Waals surface area (Å²) in [6.45, 7) is 0. The molecule has 0 fully saturated rings. The fraction of sp³-hybridized carbons (Fsp3) is 0.0500. The third-order valence-corrected chi connectivity index (χ3v) is 5.74. The van der Waals surface area contributed by atoms with Gasteiger partial charge < -0.3 is 20.1 Å². The number of hydrogen-bond acceptors (Lipinski definition) is 7. The van der Waals surface area contributed by atoms with Crippen molar-refractivity contribution in [2.75, 3.05) is 7.11 Å². The summed E-state index contributed by atoms with van der Waals surface area (Å²) in [5.74, 6) is -1.07. The average Bonchev–Trinajstić information content (AvgIpc) is 3.21. The number of aromatic hydroxyl groups is 2. The Balaban J connectivity index is 1.78. The average molecular weight is 426 g/mol. The zero-order valence-electron chi connectivity index (χ0n) is 15.0. The Kier molecular flexibility index (Phi) is 4.69. The summed E-state index contributed by atoms with van der Waals surface area (Å²) in [6, 6.07) is 9.52. The number of hydrogen-bond donors (Lipinski definition) is 3. The molecule has 0 radical (unpaired) electrons. The van der Waals surface area contributed by atoms with Crippen LogP contribution < -0.4 is 4.74 Å². The maximum Gasteiger partial charge on any atom is 0.339 e. The number of fused-ring (bicyclic) bond motifs is 1. The summed E-state index contributed by atoms with van der Waals surface area (Å²) in [5, 5.41) is 29.7. The van der Waals surface area contributed by atoms with Crippen LogP contribution in [-0.2, 0) is 0 Å². The smallest absolute Gasteiger partial charge is 0.339 e. The van der Waals surface area contributed by atoms with Gasteiger partial charge in [0.2, 0.25) is 5.88 Å². The highest BCUT2D eigenvalue weighted by atomic mass is 32.1. The van der Waals surface area contributed by atoms with Crippen LogP contribution in [-0.4, -0.2) is 39.2 Å². The van der Waals surface area contributed by atoms with Crippen LogP contribution >= 0.6 is 23.6 Å². The topological polar surface area (TPSA) is 104 Å². The first-order chi connectivity index (χ1) is 13.9. The molecule has 1 aliphatic heterocycles. The van der Waals surface area contributed by atoms with Crippen molar-refractivity contribution in [3.05, 3.63) is 56.4 Å². The van der Waals surface area contributed by atoms with Crippen LogP contribution in [0.5, 0.6) is 17.4 Å². The first kappa shape index (κ1) is 18.9. The molecule has 2 aromatic carbocycles. The Morgan fingerprint density at radius 2 is 2.03 bits per heavy atom. The Morgan fingerprint density at radius 1 is 1.24 bits per heavy atom. The molecule has 1 aromatic heterocycles. The number of phenols is 1. The second kappa shape index (κ2) is 7.19. The molecule has 9 heteroatoms. The van der Waals surface area contributed by atoms with Crippen LogP contribution in [0.15, 0.2) is 41.4 Å². The van der Waals surface area contributed by atoms with Gasteiger partial charge in [-0.2, -0.15) is 0 Å². The number of rotatable bonds is 4. The van der Waals surface area contributed by atoms with Gasteiger partial charge in [0.1, 0.15) is 17.1 Å². The summed E-state index contributed by atoms with van der Waals surface area (Å²) >= 11 is 6.55. The summed E-state index contributed by atoms with van der Waals surface area (Å²) < 4.78 is 6.98. The number of aromatic carboxylic acids is 1. The second-order valence-corrected chi connectivity index (χ2v) is 7.81. The Bertz CT molecular complexity index is 1270. The number of carboxylic acids is 1. The lowest BCUT2D eigenvalue weighted by atomic mass is 10.1. The van der Waals surface area contributed by atoms with Gasteiger partial charge in [-0.15, -0.1) is 11.3 Å². The molecular weight excluding hydrogens is 412 g/mol. The van der Waals surface area contributed by atoms with Crippen LogP contribution in [0.1, 0.15) is 20.8 Å². The van der Waals surface area contributed by atoms with E-state index in [9.17, 15) is 15.0 Å². The number of carbonyl (C=O) groups is 1. The van der Waals surface area contributed by atoms with Crippen LogP contribution in [0.4, 0.5) is 5.69 Å². The highest BCUT2D eigenvalue weighted by Crippen LogP contribution is 2.38. The van der Waals surface area contributed by atoms with Gasteiger partial charge in [0.05, 0.1) is 23.4 Å². The van der Waals surface area contributed by atoms with E-state index in [4.69, 9.17) is 22.1 Å². The van der Waals surface area contributed by atoms with Crippen molar-refractivity contribution in [2.24, 2.45) is 4.99 Å². The highest BCUT2D eigenvalue weighted by molar-refractivity contribution is 7.73. The molecule has 0 spiro atoms. The second-order valence-electron chi connectivity index (χ2n) is 6.14. The molecule has 0 aliphatic carbocycles. The number of ether oxygens (including phenoxy) is 1. The SMILES string of the molecule is COc1ccc2c(c1)/C(=C/c1sc(=S)n(-c3ccc(C(=O)O)c(O)c3)c1O)C=N2. The van der Waals surface area contributed by atoms with Crippen molar-refractivity contribution in [3.8, 4) is 23.1 Å². The third kappa shape index (κ3) is 3.30. The minimum absolute atomic E-state index is 0.111. The zero-order valence-corrected chi connectivity index (χ0v) is 16.6. The molecular formula is C20H14N2O5S2. The van der Waals surface area contributed by atoms with E-state index in [1.54, 1.807) is 19.4 Å². The fourth-order valence-corrected chi connectivity index (χ4v) is 4.30. The maximum atomic E-state index is 11.1. The third-order valence-electron chi connectivity index (χ3n) is 4.43. The number of thiazole rings is 1. The molecule has 0 saturated heterocycles. The molecule has 2 heterocycles. The molecule has 0 amide bonds. The Hall–Kier alpha value is -3.43. The lowest BCUT2D eigenvalue weighted by Crippen LogP contribution is -1.99. The summed E-state index contributed by atoms with van der Waals surface area (Å²) in [4.78, 5) is 16.0. The van der Waals surface area contributed by atoms with Crippen LogP contribution in [0, 0.1) is 3.95 Å². The largest absolute Gasteiger partial charge is 0.507 e. The van der Waals surface area contributed by atoms with Crippen LogP contribution in [0.25, 0.3) is 17.3 Å². The monoisotopic (exact) mass is 426 g/mol. The standard InChI is InChI=1S/C20H14N2O5S2/c1-27-12-3-5-15-14(8-12)10(9-21-15)6-17-18(24)22(20(28)29-17)11-2-4-13(19(25)26)16(23)7-11/h2-9,23-24H,1H3,(H,25,26)/b10-6+. The van der Waals surface area contributed by atoms with Gasteiger partial charge >= 0.3 is 5.97 Å². The molecule has 1 aliphatic rings. The van der Waals surface area contributed by atoms with E-state index in [0.29, 0.717) is 20.3 Å². The minimum Gasteiger partial charge on any atom is -0.507 e. The molecule has 0 saturated carbocycles. The number of aliphatic imine (C=N–C) groups is 1. The zero-order chi connectivity index (χ0) is 20.7. The van der Waals surface area contributed by atoms with Crippen molar-refractivity contribution in [1.82, 2.24) is 4.57 Å². The van der Waals surface area contributed by atoms with E-state index in [-0.39, 0.29) is 11.4 Å². The molecule has 0 unspecified atom stereocenters. The Morgan fingerprint density at radius 3 is 2.72 bits per heavy atom. The number of aromatic nitrogens is 1. The van der Waals surface area contributed by atoms with Crippen LogP contribution in [0.2, 0.25) is 0 Å². The normalized spacial score (nSPS) is 13.6. The molecule has 7 nitrogen and oxygen atoms in total. The fourth-order valence-electron chi connectivity index (χ4n) is 2.99.